The normalized spacial score (nSPS) is 11.5. The molecule has 0 aliphatic rings. The van der Waals surface area contributed by atoms with E-state index >= 15 is 0 Å². The van der Waals surface area contributed by atoms with Gasteiger partial charge in [-0.3, -0.25) is 4.79 Å². The van der Waals surface area contributed by atoms with E-state index in [2.05, 4.69) is 21.2 Å². The summed E-state index contributed by atoms with van der Waals surface area (Å²) in [5.41, 5.74) is 2.19. The summed E-state index contributed by atoms with van der Waals surface area (Å²) in [7, 11) is 0. The molecular weight excluding hydrogens is 398 g/mol. The Morgan fingerprint density at radius 1 is 1.12 bits per heavy atom. The molecule has 1 atom stereocenters. The molecule has 6 heteroatoms. The smallest absolute Gasteiger partial charge is 0.344 e. The number of amides is 1. The summed E-state index contributed by atoms with van der Waals surface area (Å²) in [6, 6.07) is 15.0. The minimum Gasteiger partial charge on any atom is -0.482 e. The molecule has 0 aliphatic carbocycles. The second kappa shape index (κ2) is 9.97. The lowest BCUT2D eigenvalue weighted by Crippen LogP contribution is -2.32. The van der Waals surface area contributed by atoms with E-state index in [0.29, 0.717) is 5.75 Å². The van der Waals surface area contributed by atoms with E-state index in [4.69, 9.17) is 9.47 Å². The molecule has 26 heavy (non-hydrogen) atoms. The zero-order valence-corrected chi connectivity index (χ0v) is 16.4. The van der Waals surface area contributed by atoms with Crippen LogP contribution in [0.25, 0.3) is 0 Å². The van der Waals surface area contributed by atoms with E-state index in [-0.39, 0.29) is 25.2 Å². The third kappa shape index (κ3) is 6.52. The van der Waals surface area contributed by atoms with Gasteiger partial charge < -0.3 is 14.8 Å². The number of aryl methyl sites for hydroxylation is 1. The van der Waals surface area contributed by atoms with Gasteiger partial charge in [0, 0.05) is 4.47 Å². The average Bonchev–Trinajstić information content (AvgIpc) is 2.63. The quantitative estimate of drug-likeness (QED) is 0.657. The molecule has 0 heterocycles. The molecule has 0 bridgehead atoms. The Kier molecular flexibility index (Phi) is 7.66. The van der Waals surface area contributed by atoms with Crippen LogP contribution in [0, 0.1) is 6.92 Å². The standard InChI is InChI=1S/C20H22BrNO4/c1-3-18(15-9-7-14(2)8-10-15)22-19(23)12-26-20(24)13-25-17-6-4-5-16(21)11-17/h4-11,18H,3,12-13H2,1-2H3,(H,22,23)/t18-/m1/s1. The number of ether oxygens (including phenoxy) is 2. The minimum absolute atomic E-state index is 0.111. The fourth-order valence-corrected chi connectivity index (χ4v) is 2.72. The molecule has 2 aromatic rings. The highest BCUT2D eigenvalue weighted by atomic mass is 79.9. The van der Waals surface area contributed by atoms with Crippen LogP contribution in [0.5, 0.6) is 5.75 Å². The van der Waals surface area contributed by atoms with E-state index < -0.39 is 5.97 Å². The first-order valence-electron chi connectivity index (χ1n) is 8.38. The Morgan fingerprint density at radius 2 is 1.85 bits per heavy atom. The SMILES string of the molecule is CC[C@@H](NC(=O)COC(=O)COc1cccc(Br)c1)c1ccc(C)cc1. The fourth-order valence-electron chi connectivity index (χ4n) is 2.34. The summed E-state index contributed by atoms with van der Waals surface area (Å²) in [4.78, 5) is 23.8. The third-order valence-electron chi connectivity index (χ3n) is 3.74. The van der Waals surface area contributed by atoms with Gasteiger partial charge in [0.25, 0.3) is 5.91 Å². The van der Waals surface area contributed by atoms with Gasteiger partial charge >= 0.3 is 5.97 Å². The molecular formula is C20H22BrNO4. The molecule has 5 nitrogen and oxygen atoms in total. The van der Waals surface area contributed by atoms with Crippen molar-refractivity contribution in [3.8, 4) is 5.75 Å². The summed E-state index contributed by atoms with van der Waals surface area (Å²) in [5.74, 6) is -0.386. The van der Waals surface area contributed by atoms with Crippen molar-refractivity contribution < 1.29 is 19.1 Å². The van der Waals surface area contributed by atoms with Crippen LogP contribution in [-0.2, 0) is 14.3 Å². The van der Waals surface area contributed by atoms with Crippen molar-refractivity contribution in [1.82, 2.24) is 5.32 Å². The monoisotopic (exact) mass is 419 g/mol. The highest BCUT2D eigenvalue weighted by Crippen LogP contribution is 2.18. The summed E-state index contributed by atoms with van der Waals surface area (Å²) >= 11 is 3.32. The van der Waals surface area contributed by atoms with Gasteiger partial charge in [0.05, 0.1) is 6.04 Å². The molecule has 1 amide bonds. The molecule has 2 rings (SSSR count). The van der Waals surface area contributed by atoms with Gasteiger partial charge in [0.15, 0.2) is 13.2 Å². The molecule has 0 radical (unpaired) electrons. The highest BCUT2D eigenvalue weighted by Gasteiger charge is 2.14. The summed E-state index contributed by atoms with van der Waals surface area (Å²) in [5, 5.41) is 2.88. The van der Waals surface area contributed by atoms with Crippen LogP contribution in [-0.4, -0.2) is 25.1 Å². The molecule has 0 saturated heterocycles. The number of carbonyl (C=O) groups excluding carboxylic acids is 2. The first kappa shape index (κ1) is 20.0. The van der Waals surface area contributed by atoms with Crippen LogP contribution in [0.2, 0.25) is 0 Å². The van der Waals surface area contributed by atoms with Crippen molar-refractivity contribution in [3.05, 3.63) is 64.1 Å². The molecule has 1 N–H and O–H groups in total. The Hall–Kier alpha value is -2.34. The molecule has 0 saturated carbocycles. The van der Waals surface area contributed by atoms with Crippen molar-refractivity contribution >= 4 is 27.8 Å². The maximum Gasteiger partial charge on any atom is 0.344 e. The zero-order chi connectivity index (χ0) is 18.9. The van der Waals surface area contributed by atoms with E-state index in [1.54, 1.807) is 18.2 Å². The number of rotatable bonds is 8. The number of hydrogen-bond acceptors (Lipinski definition) is 4. The van der Waals surface area contributed by atoms with Gasteiger partial charge in [-0.1, -0.05) is 58.7 Å². The predicted molar refractivity (Wildman–Crippen MR) is 103 cm³/mol. The van der Waals surface area contributed by atoms with E-state index in [1.807, 2.05) is 44.2 Å². The van der Waals surface area contributed by atoms with Crippen LogP contribution in [0.1, 0.15) is 30.5 Å². The van der Waals surface area contributed by atoms with Gasteiger partial charge in [0.1, 0.15) is 5.75 Å². The maximum atomic E-state index is 12.0. The van der Waals surface area contributed by atoms with E-state index in [0.717, 1.165) is 22.0 Å². The molecule has 0 aliphatic heterocycles. The topological polar surface area (TPSA) is 64.6 Å². The molecule has 0 aromatic heterocycles. The third-order valence-corrected chi connectivity index (χ3v) is 4.23. The van der Waals surface area contributed by atoms with Crippen LogP contribution < -0.4 is 10.1 Å². The van der Waals surface area contributed by atoms with Crippen molar-refractivity contribution in [2.24, 2.45) is 0 Å². The lowest BCUT2D eigenvalue weighted by atomic mass is 10.0. The van der Waals surface area contributed by atoms with Crippen LogP contribution in [0.4, 0.5) is 0 Å². The number of halogens is 1. The van der Waals surface area contributed by atoms with Gasteiger partial charge in [-0.15, -0.1) is 0 Å². The Balaban J connectivity index is 1.76. The fraction of sp³-hybridized carbons (Fsp3) is 0.300. The van der Waals surface area contributed by atoms with E-state index in [1.165, 1.54) is 0 Å². The van der Waals surface area contributed by atoms with Crippen molar-refractivity contribution in [2.75, 3.05) is 13.2 Å². The second-order valence-corrected chi connectivity index (χ2v) is 6.76. The Labute approximate surface area is 161 Å². The van der Waals surface area contributed by atoms with Gasteiger partial charge in [0.2, 0.25) is 0 Å². The maximum absolute atomic E-state index is 12.0. The van der Waals surface area contributed by atoms with Gasteiger partial charge in [-0.05, 0) is 37.1 Å². The lowest BCUT2D eigenvalue weighted by Gasteiger charge is -2.17. The van der Waals surface area contributed by atoms with Crippen LogP contribution >= 0.6 is 15.9 Å². The van der Waals surface area contributed by atoms with E-state index in [9.17, 15) is 9.59 Å². The highest BCUT2D eigenvalue weighted by molar-refractivity contribution is 9.10. The second-order valence-electron chi connectivity index (χ2n) is 5.85. The van der Waals surface area contributed by atoms with Crippen molar-refractivity contribution in [3.63, 3.8) is 0 Å². The number of carbonyl (C=O) groups is 2. The van der Waals surface area contributed by atoms with Gasteiger partial charge in [-0.25, -0.2) is 4.79 Å². The summed E-state index contributed by atoms with van der Waals surface area (Å²) in [6.07, 6.45) is 0.745. The molecule has 138 valence electrons. The summed E-state index contributed by atoms with van der Waals surface area (Å²) in [6.45, 7) is 3.42. The molecule has 0 fully saturated rings. The minimum atomic E-state index is -0.594. The largest absolute Gasteiger partial charge is 0.482 e. The molecule has 0 spiro atoms. The molecule has 2 aromatic carbocycles. The number of benzene rings is 2. The first-order valence-corrected chi connectivity index (χ1v) is 9.17. The van der Waals surface area contributed by atoms with Crippen LogP contribution in [0.3, 0.4) is 0 Å². The summed E-state index contributed by atoms with van der Waals surface area (Å²) < 4.78 is 11.1. The number of nitrogens with one attached hydrogen (secondary N) is 1. The molecule has 0 unspecified atom stereocenters. The lowest BCUT2D eigenvalue weighted by molar-refractivity contribution is -0.150. The van der Waals surface area contributed by atoms with Crippen LogP contribution in [0.15, 0.2) is 53.0 Å². The Morgan fingerprint density at radius 3 is 2.50 bits per heavy atom. The zero-order valence-electron chi connectivity index (χ0n) is 14.8. The number of hydrogen-bond donors (Lipinski definition) is 1. The van der Waals surface area contributed by atoms with Crippen molar-refractivity contribution in [2.45, 2.75) is 26.3 Å². The average molecular weight is 420 g/mol. The first-order chi connectivity index (χ1) is 12.5. The Bertz CT molecular complexity index is 746. The van der Waals surface area contributed by atoms with Gasteiger partial charge in [-0.2, -0.15) is 0 Å². The number of esters is 1. The van der Waals surface area contributed by atoms with Crippen molar-refractivity contribution in [1.29, 1.82) is 0 Å². The predicted octanol–water partition coefficient (Wildman–Crippen LogP) is 3.95.